The van der Waals surface area contributed by atoms with Crippen molar-refractivity contribution in [1.29, 1.82) is 0 Å². The number of hydrogen-bond acceptors (Lipinski definition) is 3. The van der Waals surface area contributed by atoms with E-state index in [1.807, 2.05) is 0 Å². The molecule has 0 aromatic carbocycles. The molecule has 0 bridgehead atoms. The van der Waals surface area contributed by atoms with Gasteiger partial charge in [0.05, 0.1) is 6.61 Å². The lowest BCUT2D eigenvalue weighted by Gasteiger charge is -2.41. The summed E-state index contributed by atoms with van der Waals surface area (Å²) in [6, 6.07) is 1.44. The maximum absolute atomic E-state index is 5.80. The van der Waals surface area contributed by atoms with Gasteiger partial charge in [0, 0.05) is 38.3 Å². The van der Waals surface area contributed by atoms with E-state index >= 15 is 0 Å². The summed E-state index contributed by atoms with van der Waals surface area (Å²) in [7, 11) is 0. The van der Waals surface area contributed by atoms with Gasteiger partial charge in [-0.1, -0.05) is 27.7 Å². The molecule has 0 amide bonds. The van der Waals surface area contributed by atoms with Crippen LogP contribution in [0.5, 0.6) is 0 Å². The summed E-state index contributed by atoms with van der Waals surface area (Å²) in [5.41, 5.74) is 0. The van der Waals surface area contributed by atoms with E-state index in [1.54, 1.807) is 0 Å². The van der Waals surface area contributed by atoms with Gasteiger partial charge in [-0.2, -0.15) is 0 Å². The molecule has 0 aromatic heterocycles. The number of piperazine rings is 1. The van der Waals surface area contributed by atoms with Gasteiger partial charge in [0.2, 0.25) is 0 Å². The Balaban J connectivity index is 1.76. The van der Waals surface area contributed by atoms with Crippen molar-refractivity contribution < 1.29 is 4.74 Å². The van der Waals surface area contributed by atoms with Crippen LogP contribution in [0, 0.1) is 17.8 Å². The summed E-state index contributed by atoms with van der Waals surface area (Å²) in [6.07, 6.45) is 4.16. The molecule has 1 N–H and O–H groups in total. The third-order valence-corrected chi connectivity index (χ3v) is 4.44. The first kappa shape index (κ1) is 16.3. The monoisotopic (exact) mass is 282 g/mol. The van der Waals surface area contributed by atoms with Gasteiger partial charge in [-0.15, -0.1) is 0 Å². The van der Waals surface area contributed by atoms with E-state index in [1.165, 1.54) is 32.4 Å². The number of rotatable bonds is 8. The Hall–Kier alpha value is -0.120. The smallest absolute Gasteiger partial charge is 0.0593 e. The molecule has 2 fully saturated rings. The third-order valence-electron chi connectivity index (χ3n) is 4.44. The standard InChI is InChI=1S/C17H34N2O/c1-13(2)9-16-11-19(7-8-20-12-14(3)4)17(10-18-16)15-5-6-15/h13-18H,5-12H2,1-4H3. The minimum Gasteiger partial charge on any atom is -0.380 e. The maximum atomic E-state index is 5.80. The van der Waals surface area contributed by atoms with E-state index in [0.29, 0.717) is 12.0 Å². The van der Waals surface area contributed by atoms with Gasteiger partial charge in [-0.25, -0.2) is 0 Å². The highest BCUT2D eigenvalue weighted by Crippen LogP contribution is 2.36. The van der Waals surface area contributed by atoms with Crippen LogP contribution in [-0.4, -0.2) is 49.8 Å². The Morgan fingerprint density at radius 2 is 1.90 bits per heavy atom. The molecule has 0 spiro atoms. The fraction of sp³-hybridized carbons (Fsp3) is 1.00. The SMILES string of the molecule is CC(C)COCCN1CC(CC(C)C)NCC1C1CC1. The van der Waals surface area contributed by atoms with Gasteiger partial charge in [-0.3, -0.25) is 4.90 Å². The van der Waals surface area contributed by atoms with E-state index in [4.69, 9.17) is 4.74 Å². The van der Waals surface area contributed by atoms with E-state index in [-0.39, 0.29) is 0 Å². The van der Waals surface area contributed by atoms with Gasteiger partial charge in [-0.05, 0) is 37.0 Å². The van der Waals surface area contributed by atoms with Crippen LogP contribution >= 0.6 is 0 Å². The molecule has 2 atom stereocenters. The lowest BCUT2D eigenvalue weighted by molar-refractivity contribution is 0.0469. The Morgan fingerprint density at radius 1 is 1.15 bits per heavy atom. The molecule has 1 saturated heterocycles. The van der Waals surface area contributed by atoms with Crippen molar-refractivity contribution in [1.82, 2.24) is 10.2 Å². The zero-order valence-electron chi connectivity index (χ0n) is 13.9. The molecule has 0 aromatic rings. The van der Waals surface area contributed by atoms with Crippen LogP contribution in [-0.2, 0) is 4.74 Å². The predicted molar refractivity (Wildman–Crippen MR) is 85.0 cm³/mol. The Kier molecular flexibility index (Phi) is 6.31. The summed E-state index contributed by atoms with van der Waals surface area (Å²) >= 11 is 0. The van der Waals surface area contributed by atoms with Crippen molar-refractivity contribution in [2.24, 2.45) is 17.8 Å². The zero-order chi connectivity index (χ0) is 14.5. The third kappa shape index (κ3) is 5.34. The molecular formula is C17H34N2O. The molecular weight excluding hydrogens is 248 g/mol. The first-order valence-electron chi connectivity index (χ1n) is 8.61. The second kappa shape index (κ2) is 7.77. The number of nitrogens with one attached hydrogen (secondary N) is 1. The average molecular weight is 282 g/mol. The molecule has 3 heteroatoms. The molecule has 118 valence electrons. The van der Waals surface area contributed by atoms with Gasteiger partial charge in [0.1, 0.15) is 0 Å². The Bertz CT molecular complexity index is 276. The summed E-state index contributed by atoms with van der Waals surface area (Å²) < 4.78 is 5.80. The molecule has 2 aliphatic rings. The van der Waals surface area contributed by atoms with Crippen LogP contribution < -0.4 is 5.32 Å². The van der Waals surface area contributed by atoms with Crippen molar-refractivity contribution in [3.8, 4) is 0 Å². The van der Waals surface area contributed by atoms with E-state index < -0.39 is 0 Å². The summed E-state index contributed by atoms with van der Waals surface area (Å²) in [4.78, 5) is 2.71. The highest BCUT2D eigenvalue weighted by molar-refractivity contribution is 4.95. The Labute approximate surface area is 125 Å². The van der Waals surface area contributed by atoms with Gasteiger partial charge in [0.25, 0.3) is 0 Å². The summed E-state index contributed by atoms with van der Waals surface area (Å²) in [5.74, 6) is 2.38. The Morgan fingerprint density at radius 3 is 2.50 bits per heavy atom. The zero-order valence-corrected chi connectivity index (χ0v) is 13.9. The van der Waals surface area contributed by atoms with E-state index in [9.17, 15) is 0 Å². The molecule has 0 radical (unpaired) electrons. The fourth-order valence-electron chi connectivity index (χ4n) is 3.33. The number of ether oxygens (including phenoxy) is 1. The lowest BCUT2D eigenvalue weighted by atomic mass is 9.98. The number of nitrogens with zero attached hydrogens (tertiary/aromatic N) is 1. The van der Waals surface area contributed by atoms with Gasteiger partial charge < -0.3 is 10.1 Å². The van der Waals surface area contributed by atoms with Crippen molar-refractivity contribution in [2.75, 3.05) is 32.8 Å². The number of hydrogen-bond donors (Lipinski definition) is 1. The normalized spacial score (nSPS) is 28.5. The van der Waals surface area contributed by atoms with Crippen LogP contribution in [0.3, 0.4) is 0 Å². The van der Waals surface area contributed by atoms with Crippen molar-refractivity contribution in [3.05, 3.63) is 0 Å². The highest BCUT2D eigenvalue weighted by Gasteiger charge is 2.38. The first-order valence-corrected chi connectivity index (χ1v) is 8.61. The highest BCUT2D eigenvalue weighted by atomic mass is 16.5. The van der Waals surface area contributed by atoms with Crippen molar-refractivity contribution >= 4 is 0 Å². The van der Waals surface area contributed by atoms with E-state index in [0.717, 1.165) is 37.6 Å². The topological polar surface area (TPSA) is 24.5 Å². The second-order valence-corrected chi connectivity index (χ2v) is 7.60. The van der Waals surface area contributed by atoms with Crippen LogP contribution in [0.4, 0.5) is 0 Å². The van der Waals surface area contributed by atoms with Crippen LogP contribution in [0.15, 0.2) is 0 Å². The molecule has 20 heavy (non-hydrogen) atoms. The van der Waals surface area contributed by atoms with Gasteiger partial charge in [0.15, 0.2) is 0 Å². The molecule has 1 aliphatic carbocycles. The second-order valence-electron chi connectivity index (χ2n) is 7.60. The summed E-state index contributed by atoms with van der Waals surface area (Å²) in [6.45, 7) is 14.4. The molecule has 1 saturated carbocycles. The first-order chi connectivity index (χ1) is 9.56. The van der Waals surface area contributed by atoms with Gasteiger partial charge >= 0.3 is 0 Å². The molecule has 3 nitrogen and oxygen atoms in total. The summed E-state index contributed by atoms with van der Waals surface area (Å²) in [5, 5.41) is 3.78. The average Bonchev–Trinajstić information content (AvgIpc) is 3.18. The minimum absolute atomic E-state index is 0.644. The molecule has 1 heterocycles. The van der Waals surface area contributed by atoms with Crippen LogP contribution in [0.25, 0.3) is 0 Å². The lowest BCUT2D eigenvalue weighted by Crippen LogP contribution is -2.58. The maximum Gasteiger partial charge on any atom is 0.0593 e. The molecule has 2 rings (SSSR count). The largest absolute Gasteiger partial charge is 0.380 e. The van der Waals surface area contributed by atoms with E-state index in [2.05, 4.69) is 37.9 Å². The predicted octanol–water partition coefficient (Wildman–Crippen LogP) is 2.76. The quantitative estimate of drug-likeness (QED) is 0.693. The van der Waals surface area contributed by atoms with Crippen LogP contribution in [0.1, 0.15) is 47.0 Å². The fourth-order valence-corrected chi connectivity index (χ4v) is 3.33. The van der Waals surface area contributed by atoms with Crippen LogP contribution in [0.2, 0.25) is 0 Å². The van der Waals surface area contributed by atoms with Crippen molar-refractivity contribution in [3.63, 3.8) is 0 Å². The van der Waals surface area contributed by atoms with Crippen molar-refractivity contribution in [2.45, 2.75) is 59.0 Å². The minimum atomic E-state index is 0.644. The molecule has 1 aliphatic heterocycles. The molecule has 2 unspecified atom stereocenters.